The first-order chi connectivity index (χ1) is 7.59. The highest BCUT2D eigenvalue weighted by Crippen LogP contribution is 2.24. The van der Waals surface area contributed by atoms with Gasteiger partial charge in [0.15, 0.2) is 5.78 Å². The zero-order chi connectivity index (χ0) is 13.3. The fourth-order valence-electron chi connectivity index (χ4n) is 1.19. The molecule has 0 atom stereocenters. The zero-order valence-electron chi connectivity index (χ0n) is 9.21. The molecule has 3 nitrogen and oxygen atoms in total. The van der Waals surface area contributed by atoms with Gasteiger partial charge >= 0.3 is 6.36 Å². The van der Waals surface area contributed by atoms with Crippen LogP contribution in [0, 0.1) is 0 Å². The van der Waals surface area contributed by atoms with Crippen LogP contribution in [-0.2, 0) is 0 Å². The van der Waals surface area contributed by atoms with Gasteiger partial charge in [-0.05, 0) is 26.0 Å². The number of alkyl halides is 3. The second-order valence-electron chi connectivity index (χ2n) is 3.96. The maximum absolute atomic E-state index is 12.0. The van der Waals surface area contributed by atoms with E-state index in [1.807, 2.05) is 0 Å². The Kier molecular flexibility index (Phi) is 3.47. The van der Waals surface area contributed by atoms with Crippen molar-refractivity contribution in [3.63, 3.8) is 0 Å². The van der Waals surface area contributed by atoms with Crippen molar-refractivity contribution >= 4 is 5.78 Å². The lowest BCUT2D eigenvalue weighted by Crippen LogP contribution is -2.31. The standard InChI is InChI=1S/C11H11F3O3/c1-10(2,16)9(15)7-4-3-5-8(6-7)17-11(12,13)14/h3-6,16H,1-2H3. The Morgan fingerprint density at radius 2 is 1.88 bits per heavy atom. The highest BCUT2D eigenvalue weighted by molar-refractivity contribution is 6.01. The molecule has 0 amide bonds. The number of aliphatic hydroxyl groups is 1. The molecular formula is C11H11F3O3. The van der Waals surface area contributed by atoms with Gasteiger partial charge in [0.2, 0.25) is 0 Å². The van der Waals surface area contributed by atoms with Gasteiger partial charge in [0.05, 0.1) is 0 Å². The van der Waals surface area contributed by atoms with Crippen LogP contribution >= 0.6 is 0 Å². The monoisotopic (exact) mass is 248 g/mol. The predicted molar refractivity (Wildman–Crippen MR) is 53.8 cm³/mol. The second-order valence-corrected chi connectivity index (χ2v) is 3.96. The van der Waals surface area contributed by atoms with Crippen molar-refractivity contribution in [3.8, 4) is 5.75 Å². The van der Waals surface area contributed by atoms with Gasteiger partial charge in [-0.15, -0.1) is 13.2 Å². The van der Waals surface area contributed by atoms with Crippen molar-refractivity contribution in [2.45, 2.75) is 25.8 Å². The average molecular weight is 248 g/mol. The van der Waals surface area contributed by atoms with Crippen LogP contribution in [0.3, 0.4) is 0 Å². The smallest absolute Gasteiger partial charge is 0.406 e. The molecule has 0 radical (unpaired) electrons. The first kappa shape index (κ1) is 13.5. The van der Waals surface area contributed by atoms with Crippen molar-refractivity contribution in [1.29, 1.82) is 0 Å². The largest absolute Gasteiger partial charge is 0.573 e. The molecule has 1 rings (SSSR count). The van der Waals surface area contributed by atoms with Crippen LogP contribution < -0.4 is 4.74 Å². The third kappa shape index (κ3) is 4.07. The first-order valence-corrected chi connectivity index (χ1v) is 4.72. The van der Waals surface area contributed by atoms with Crippen LogP contribution in [0.5, 0.6) is 5.75 Å². The van der Waals surface area contributed by atoms with Crippen molar-refractivity contribution in [1.82, 2.24) is 0 Å². The summed E-state index contributed by atoms with van der Waals surface area (Å²) in [4.78, 5) is 11.6. The predicted octanol–water partition coefficient (Wildman–Crippen LogP) is 2.54. The summed E-state index contributed by atoms with van der Waals surface area (Å²) >= 11 is 0. The van der Waals surface area contributed by atoms with E-state index in [0.717, 1.165) is 12.1 Å². The Bertz CT molecular complexity index is 419. The van der Waals surface area contributed by atoms with Gasteiger partial charge in [-0.1, -0.05) is 12.1 Å². The van der Waals surface area contributed by atoms with Gasteiger partial charge in [-0.2, -0.15) is 0 Å². The van der Waals surface area contributed by atoms with Crippen LogP contribution in [0.2, 0.25) is 0 Å². The fraction of sp³-hybridized carbons (Fsp3) is 0.364. The quantitative estimate of drug-likeness (QED) is 0.836. The van der Waals surface area contributed by atoms with E-state index in [1.54, 1.807) is 0 Å². The SMILES string of the molecule is CC(C)(O)C(=O)c1cccc(OC(F)(F)F)c1. The van der Waals surface area contributed by atoms with Crippen LogP contribution in [0.4, 0.5) is 13.2 Å². The number of carbonyl (C=O) groups is 1. The van der Waals surface area contributed by atoms with E-state index in [2.05, 4.69) is 4.74 Å². The Labute approximate surface area is 95.8 Å². The molecule has 0 spiro atoms. The molecular weight excluding hydrogens is 237 g/mol. The average Bonchev–Trinajstić information content (AvgIpc) is 2.12. The summed E-state index contributed by atoms with van der Waals surface area (Å²) in [6, 6.07) is 4.58. The summed E-state index contributed by atoms with van der Waals surface area (Å²) in [5.41, 5.74) is -1.68. The van der Waals surface area contributed by atoms with E-state index in [1.165, 1.54) is 26.0 Å². The molecule has 0 aliphatic rings. The number of hydrogen-bond donors (Lipinski definition) is 1. The molecule has 0 heterocycles. The van der Waals surface area contributed by atoms with Gasteiger partial charge in [0.1, 0.15) is 11.4 Å². The lowest BCUT2D eigenvalue weighted by atomic mass is 9.97. The lowest BCUT2D eigenvalue weighted by molar-refractivity contribution is -0.274. The normalized spacial score (nSPS) is 12.4. The lowest BCUT2D eigenvalue weighted by Gasteiger charge is -2.16. The maximum Gasteiger partial charge on any atom is 0.573 e. The topological polar surface area (TPSA) is 46.5 Å². The summed E-state index contributed by atoms with van der Waals surface area (Å²) in [7, 11) is 0. The van der Waals surface area contributed by atoms with E-state index in [0.29, 0.717) is 0 Å². The van der Waals surface area contributed by atoms with Gasteiger partial charge in [0.25, 0.3) is 0 Å². The van der Waals surface area contributed by atoms with Crippen molar-refractivity contribution in [2.75, 3.05) is 0 Å². The minimum atomic E-state index is -4.81. The van der Waals surface area contributed by atoms with Gasteiger partial charge in [-0.3, -0.25) is 4.79 Å². The molecule has 0 aliphatic heterocycles. The first-order valence-electron chi connectivity index (χ1n) is 4.72. The molecule has 1 aromatic carbocycles. The van der Waals surface area contributed by atoms with Crippen LogP contribution in [0.25, 0.3) is 0 Å². The maximum atomic E-state index is 12.0. The van der Waals surface area contributed by atoms with Gasteiger partial charge < -0.3 is 9.84 Å². The molecule has 0 aliphatic carbocycles. The van der Waals surface area contributed by atoms with E-state index in [-0.39, 0.29) is 5.56 Å². The molecule has 6 heteroatoms. The van der Waals surface area contributed by atoms with Crippen molar-refractivity contribution in [2.24, 2.45) is 0 Å². The summed E-state index contributed by atoms with van der Waals surface area (Å²) in [5.74, 6) is -1.17. The minimum Gasteiger partial charge on any atom is -0.406 e. The Morgan fingerprint density at radius 1 is 1.29 bits per heavy atom. The highest BCUT2D eigenvalue weighted by Gasteiger charge is 2.32. The van der Waals surface area contributed by atoms with E-state index < -0.39 is 23.5 Å². The third-order valence-corrected chi connectivity index (χ3v) is 1.89. The number of Topliss-reactive ketones (excluding diaryl/α,β-unsaturated/α-hetero) is 1. The molecule has 0 unspecified atom stereocenters. The molecule has 94 valence electrons. The number of ether oxygens (including phenoxy) is 1. The Balaban J connectivity index is 2.98. The van der Waals surface area contributed by atoms with E-state index in [9.17, 15) is 23.1 Å². The van der Waals surface area contributed by atoms with Crippen LogP contribution in [0.15, 0.2) is 24.3 Å². The van der Waals surface area contributed by atoms with E-state index in [4.69, 9.17) is 0 Å². The van der Waals surface area contributed by atoms with Crippen LogP contribution in [0.1, 0.15) is 24.2 Å². The number of hydrogen-bond acceptors (Lipinski definition) is 3. The number of rotatable bonds is 3. The molecule has 17 heavy (non-hydrogen) atoms. The summed E-state index contributed by atoms with van der Waals surface area (Å²) in [6.07, 6.45) is -4.81. The number of benzene rings is 1. The molecule has 0 fully saturated rings. The summed E-state index contributed by atoms with van der Waals surface area (Å²) in [6.45, 7) is 2.51. The molecule has 1 N–H and O–H groups in total. The van der Waals surface area contributed by atoms with Crippen molar-refractivity contribution in [3.05, 3.63) is 29.8 Å². The number of ketones is 1. The van der Waals surface area contributed by atoms with Crippen LogP contribution in [-0.4, -0.2) is 22.9 Å². The van der Waals surface area contributed by atoms with Gasteiger partial charge in [0, 0.05) is 5.56 Å². The molecule has 0 saturated heterocycles. The highest BCUT2D eigenvalue weighted by atomic mass is 19.4. The molecule has 0 bridgehead atoms. The van der Waals surface area contributed by atoms with E-state index >= 15 is 0 Å². The second kappa shape index (κ2) is 4.37. The summed E-state index contributed by atoms with van der Waals surface area (Å²) < 4.78 is 39.5. The van der Waals surface area contributed by atoms with Gasteiger partial charge in [-0.25, -0.2) is 0 Å². The number of halogens is 3. The molecule has 0 aromatic heterocycles. The number of carbonyl (C=O) groups excluding carboxylic acids is 1. The summed E-state index contributed by atoms with van der Waals surface area (Å²) in [5, 5.41) is 9.45. The minimum absolute atomic E-state index is 0.0424. The fourth-order valence-corrected chi connectivity index (χ4v) is 1.19. The zero-order valence-corrected chi connectivity index (χ0v) is 9.21. The molecule has 1 aromatic rings. The molecule has 0 saturated carbocycles. The van der Waals surface area contributed by atoms with Crippen molar-refractivity contribution < 1.29 is 27.8 Å². The Hall–Kier alpha value is -1.56. The third-order valence-electron chi connectivity index (χ3n) is 1.89. The Morgan fingerprint density at radius 3 is 2.35 bits per heavy atom.